The summed E-state index contributed by atoms with van der Waals surface area (Å²) in [5, 5.41) is 5.75. The van der Waals surface area contributed by atoms with E-state index < -0.39 is 0 Å². The standard InChI is InChI=1S/C22H26N4O3/c1-3-4-6-13-23-22(28)20-25-19(18-8-5-7-14-26(18)20)21(27)24-15-16-9-11-17(29-2)12-10-16/h5,7-12,14H,3-4,6,13,15H2,1-2H3,(H,23,28)(H,24,27). The molecule has 2 amide bonds. The van der Waals surface area contributed by atoms with Crippen molar-refractivity contribution < 1.29 is 14.3 Å². The van der Waals surface area contributed by atoms with E-state index in [0.29, 0.717) is 18.6 Å². The fraction of sp³-hybridized carbons (Fsp3) is 0.318. The van der Waals surface area contributed by atoms with Crippen molar-refractivity contribution in [1.29, 1.82) is 0 Å². The molecule has 0 saturated heterocycles. The molecule has 7 nitrogen and oxygen atoms in total. The summed E-state index contributed by atoms with van der Waals surface area (Å²) in [6, 6.07) is 12.9. The van der Waals surface area contributed by atoms with E-state index in [9.17, 15) is 9.59 Å². The Hall–Kier alpha value is -3.35. The third-order valence-electron chi connectivity index (χ3n) is 4.64. The van der Waals surface area contributed by atoms with Crippen LogP contribution in [0.4, 0.5) is 0 Å². The summed E-state index contributed by atoms with van der Waals surface area (Å²) in [6.45, 7) is 3.06. The van der Waals surface area contributed by atoms with Crippen molar-refractivity contribution in [3.63, 3.8) is 0 Å². The number of aromatic nitrogens is 2. The Bertz CT molecular complexity index is 979. The zero-order chi connectivity index (χ0) is 20.6. The predicted octanol–water partition coefficient (Wildman–Crippen LogP) is 3.19. The highest BCUT2D eigenvalue weighted by atomic mass is 16.5. The lowest BCUT2D eigenvalue weighted by Crippen LogP contribution is -2.27. The van der Waals surface area contributed by atoms with Crippen LogP contribution in [-0.2, 0) is 6.54 Å². The molecule has 29 heavy (non-hydrogen) atoms. The van der Waals surface area contributed by atoms with Gasteiger partial charge in [0.05, 0.1) is 12.6 Å². The van der Waals surface area contributed by atoms with Gasteiger partial charge in [-0.15, -0.1) is 0 Å². The van der Waals surface area contributed by atoms with Gasteiger partial charge in [-0.3, -0.25) is 14.0 Å². The second-order valence-electron chi connectivity index (χ2n) is 6.73. The van der Waals surface area contributed by atoms with Crippen LogP contribution in [0.3, 0.4) is 0 Å². The molecule has 2 N–H and O–H groups in total. The lowest BCUT2D eigenvalue weighted by Gasteiger charge is -2.05. The number of ether oxygens (including phenoxy) is 1. The number of rotatable bonds is 9. The highest BCUT2D eigenvalue weighted by Crippen LogP contribution is 2.15. The number of methoxy groups -OCH3 is 1. The number of carbonyl (C=O) groups is 2. The molecule has 0 saturated carbocycles. The summed E-state index contributed by atoms with van der Waals surface area (Å²) in [5.74, 6) is 0.368. The van der Waals surface area contributed by atoms with E-state index in [4.69, 9.17) is 4.74 Å². The lowest BCUT2D eigenvalue weighted by molar-refractivity contribution is 0.0941. The molecule has 2 aromatic heterocycles. The highest BCUT2D eigenvalue weighted by molar-refractivity contribution is 6.02. The van der Waals surface area contributed by atoms with Gasteiger partial charge < -0.3 is 15.4 Å². The van der Waals surface area contributed by atoms with Gasteiger partial charge in [-0.25, -0.2) is 4.98 Å². The normalized spacial score (nSPS) is 10.7. The number of hydrogen-bond donors (Lipinski definition) is 2. The summed E-state index contributed by atoms with van der Waals surface area (Å²) >= 11 is 0. The zero-order valence-electron chi connectivity index (χ0n) is 16.8. The highest BCUT2D eigenvalue weighted by Gasteiger charge is 2.21. The Morgan fingerprint density at radius 3 is 2.55 bits per heavy atom. The van der Waals surface area contributed by atoms with E-state index in [1.807, 2.05) is 36.4 Å². The smallest absolute Gasteiger partial charge is 0.287 e. The molecule has 0 spiro atoms. The predicted molar refractivity (Wildman–Crippen MR) is 111 cm³/mol. The number of imidazole rings is 1. The summed E-state index contributed by atoms with van der Waals surface area (Å²) in [7, 11) is 1.61. The molecule has 0 fully saturated rings. The number of amides is 2. The number of nitrogens with one attached hydrogen (secondary N) is 2. The van der Waals surface area contributed by atoms with Gasteiger partial charge in [-0.05, 0) is 36.2 Å². The van der Waals surface area contributed by atoms with Crippen molar-refractivity contribution in [3.8, 4) is 5.75 Å². The van der Waals surface area contributed by atoms with Crippen molar-refractivity contribution >= 4 is 17.3 Å². The number of nitrogens with zero attached hydrogens (tertiary/aromatic N) is 2. The van der Waals surface area contributed by atoms with Crippen LogP contribution in [-0.4, -0.2) is 34.9 Å². The van der Waals surface area contributed by atoms with Gasteiger partial charge in [0.1, 0.15) is 5.75 Å². The quantitative estimate of drug-likeness (QED) is 0.546. The monoisotopic (exact) mass is 394 g/mol. The molecule has 0 aliphatic carbocycles. The van der Waals surface area contributed by atoms with Crippen LogP contribution in [0.1, 0.15) is 52.9 Å². The maximum Gasteiger partial charge on any atom is 0.287 e. The second-order valence-corrected chi connectivity index (χ2v) is 6.73. The van der Waals surface area contributed by atoms with Crippen LogP contribution in [0.2, 0.25) is 0 Å². The number of hydrogen-bond acceptors (Lipinski definition) is 4. The molecule has 0 aliphatic rings. The summed E-state index contributed by atoms with van der Waals surface area (Å²) in [6.07, 6.45) is 4.80. The van der Waals surface area contributed by atoms with Crippen LogP contribution in [0.25, 0.3) is 5.52 Å². The summed E-state index contributed by atoms with van der Waals surface area (Å²) in [5.41, 5.74) is 1.77. The second kappa shape index (κ2) is 9.73. The molecule has 152 valence electrons. The van der Waals surface area contributed by atoms with Crippen molar-refractivity contribution in [3.05, 3.63) is 65.7 Å². The Kier molecular flexibility index (Phi) is 6.84. The number of unbranched alkanes of at least 4 members (excludes halogenated alkanes) is 2. The fourth-order valence-corrected chi connectivity index (χ4v) is 3.03. The Morgan fingerprint density at radius 1 is 1.03 bits per heavy atom. The number of benzene rings is 1. The Morgan fingerprint density at radius 2 is 1.83 bits per heavy atom. The molecular formula is C22H26N4O3. The third-order valence-corrected chi connectivity index (χ3v) is 4.64. The van der Waals surface area contributed by atoms with E-state index in [1.165, 1.54) is 0 Å². The largest absolute Gasteiger partial charge is 0.497 e. The SMILES string of the molecule is CCCCCNC(=O)c1nc(C(=O)NCc2ccc(OC)cc2)c2ccccn12. The van der Waals surface area contributed by atoms with Crippen LogP contribution >= 0.6 is 0 Å². The number of fused-ring (bicyclic) bond motifs is 1. The molecule has 3 rings (SSSR count). The molecule has 0 radical (unpaired) electrons. The minimum atomic E-state index is -0.324. The average Bonchev–Trinajstić information content (AvgIpc) is 3.15. The summed E-state index contributed by atoms with van der Waals surface area (Å²) in [4.78, 5) is 29.7. The van der Waals surface area contributed by atoms with Crippen LogP contribution in [0.5, 0.6) is 5.75 Å². The molecule has 0 bridgehead atoms. The Balaban J connectivity index is 1.74. The molecule has 3 aromatic rings. The maximum atomic E-state index is 12.7. The minimum absolute atomic E-state index is 0.215. The van der Waals surface area contributed by atoms with E-state index >= 15 is 0 Å². The molecular weight excluding hydrogens is 368 g/mol. The fourth-order valence-electron chi connectivity index (χ4n) is 3.03. The Labute approximate surface area is 170 Å². The van der Waals surface area contributed by atoms with Crippen molar-refractivity contribution in [2.75, 3.05) is 13.7 Å². The molecule has 0 unspecified atom stereocenters. The van der Waals surface area contributed by atoms with Gasteiger partial charge in [-0.2, -0.15) is 0 Å². The first-order chi connectivity index (χ1) is 14.1. The number of carbonyl (C=O) groups excluding carboxylic acids is 2. The van der Waals surface area contributed by atoms with Crippen molar-refractivity contribution in [2.24, 2.45) is 0 Å². The van der Waals surface area contributed by atoms with E-state index in [-0.39, 0.29) is 23.3 Å². The molecule has 7 heteroatoms. The maximum absolute atomic E-state index is 12.7. The first-order valence-electron chi connectivity index (χ1n) is 9.80. The molecule has 2 heterocycles. The van der Waals surface area contributed by atoms with Gasteiger partial charge in [0.25, 0.3) is 11.8 Å². The number of pyridine rings is 1. The van der Waals surface area contributed by atoms with E-state index in [1.54, 1.807) is 23.8 Å². The molecule has 1 aromatic carbocycles. The van der Waals surface area contributed by atoms with Gasteiger partial charge in [0, 0.05) is 19.3 Å². The average molecular weight is 394 g/mol. The van der Waals surface area contributed by atoms with E-state index in [2.05, 4.69) is 22.5 Å². The summed E-state index contributed by atoms with van der Waals surface area (Å²) < 4.78 is 6.79. The van der Waals surface area contributed by atoms with Crippen molar-refractivity contribution in [2.45, 2.75) is 32.7 Å². The lowest BCUT2D eigenvalue weighted by atomic mass is 10.2. The minimum Gasteiger partial charge on any atom is -0.497 e. The van der Waals surface area contributed by atoms with Crippen LogP contribution < -0.4 is 15.4 Å². The molecule has 0 aliphatic heterocycles. The first-order valence-corrected chi connectivity index (χ1v) is 9.80. The topological polar surface area (TPSA) is 84.7 Å². The first kappa shape index (κ1) is 20.4. The van der Waals surface area contributed by atoms with Gasteiger partial charge in [-0.1, -0.05) is 38.0 Å². The third kappa shape index (κ3) is 4.93. The van der Waals surface area contributed by atoms with Crippen LogP contribution in [0.15, 0.2) is 48.7 Å². The molecule has 0 atom stereocenters. The van der Waals surface area contributed by atoms with Crippen LogP contribution in [0, 0.1) is 0 Å². The van der Waals surface area contributed by atoms with Gasteiger partial charge in [0.2, 0.25) is 5.82 Å². The van der Waals surface area contributed by atoms with Crippen molar-refractivity contribution in [1.82, 2.24) is 20.0 Å². The zero-order valence-corrected chi connectivity index (χ0v) is 16.8. The van der Waals surface area contributed by atoms with Gasteiger partial charge in [0.15, 0.2) is 5.69 Å². The van der Waals surface area contributed by atoms with Gasteiger partial charge >= 0.3 is 0 Å². The van der Waals surface area contributed by atoms with E-state index in [0.717, 1.165) is 30.6 Å².